The van der Waals surface area contributed by atoms with Gasteiger partial charge in [0.25, 0.3) is 12.3 Å². The van der Waals surface area contributed by atoms with Crippen LogP contribution in [0, 0.1) is 0 Å². The van der Waals surface area contributed by atoms with Gasteiger partial charge in [0.1, 0.15) is 0 Å². The second-order valence-corrected chi connectivity index (χ2v) is 3.31. The van der Waals surface area contributed by atoms with Crippen LogP contribution < -0.4 is 5.32 Å². The van der Waals surface area contributed by atoms with Crippen LogP contribution in [0.4, 0.5) is 8.78 Å². The average molecular weight is 265 g/mol. The normalized spacial score (nSPS) is 10.3. The van der Waals surface area contributed by atoms with E-state index in [0.717, 1.165) is 0 Å². The topological polar surface area (TPSA) is 42.0 Å². The van der Waals surface area contributed by atoms with E-state index in [4.69, 9.17) is 0 Å². The van der Waals surface area contributed by atoms with Gasteiger partial charge in [-0.1, -0.05) is 0 Å². The summed E-state index contributed by atoms with van der Waals surface area (Å²) in [5.41, 5.74) is 0.292. The first-order chi connectivity index (χ1) is 6.61. The molecular weight excluding hydrogens is 258 g/mol. The molecule has 0 radical (unpaired) electrons. The molecule has 1 rings (SSSR count). The number of hydrogen-bond donors (Lipinski definition) is 1. The Hall–Kier alpha value is -1.04. The number of carbonyl (C=O) groups is 1. The van der Waals surface area contributed by atoms with Crippen molar-refractivity contribution in [3.63, 3.8) is 0 Å². The van der Waals surface area contributed by atoms with Gasteiger partial charge in [0.15, 0.2) is 0 Å². The number of hydrogen-bond acceptors (Lipinski definition) is 2. The van der Waals surface area contributed by atoms with E-state index in [-0.39, 0.29) is 0 Å². The van der Waals surface area contributed by atoms with Crippen LogP contribution >= 0.6 is 15.9 Å². The predicted molar refractivity (Wildman–Crippen MR) is 50.3 cm³/mol. The molecule has 1 aromatic rings. The maximum Gasteiger partial charge on any atom is 0.255 e. The second kappa shape index (κ2) is 4.99. The molecule has 0 aromatic carbocycles. The molecule has 76 valence electrons. The summed E-state index contributed by atoms with van der Waals surface area (Å²) in [4.78, 5) is 15.0. The van der Waals surface area contributed by atoms with Crippen LogP contribution in [-0.4, -0.2) is 23.9 Å². The van der Waals surface area contributed by atoms with Crippen molar-refractivity contribution in [2.45, 2.75) is 6.43 Å². The standard InChI is InChI=1S/C8H7BrF2N2O/c9-6-3-12-2-1-5(6)8(14)13-4-7(10)11/h1-3,7H,4H2,(H,13,14). The number of alkyl halides is 2. The van der Waals surface area contributed by atoms with Crippen molar-refractivity contribution in [2.24, 2.45) is 0 Å². The quantitative estimate of drug-likeness (QED) is 0.906. The predicted octanol–water partition coefficient (Wildman–Crippen LogP) is 1.84. The molecule has 0 aliphatic heterocycles. The summed E-state index contributed by atoms with van der Waals surface area (Å²) in [5, 5.41) is 2.09. The Balaban J connectivity index is 2.65. The molecule has 0 saturated carbocycles. The van der Waals surface area contributed by atoms with Crippen molar-refractivity contribution in [3.05, 3.63) is 28.5 Å². The third-order valence-corrected chi connectivity index (χ3v) is 2.07. The molecule has 1 aromatic heterocycles. The monoisotopic (exact) mass is 264 g/mol. The van der Waals surface area contributed by atoms with Gasteiger partial charge in [-0.2, -0.15) is 0 Å². The maximum absolute atomic E-state index is 11.8. The molecule has 1 amide bonds. The summed E-state index contributed by atoms with van der Waals surface area (Å²) in [5.74, 6) is -0.542. The lowest BCUT2D eigenvalue weighted by molar-refractivity contribution is 0.0891. The Morgan fingerprint density at radius 3 is 2.93 bits per heavy atom. The van der Waals surface area contributed by atoms with E-state index in [1.807, 2.05) is 0 Å². The third-order valence-electron chi connectivity index (χ3n) is 1.43. The highest BCUT2D eigenvalue weighted by Gasteiger charge is 2.11. The van der Waals surface area contributed by atoms with Crippen molar-refractivity contribution in [1.29, 1.82) is 0 Å². The smallest absolute Gasteiger partial charge is 0.255 e. The SMILES string of the molecule is O=C(NCC(F)F)c1ccncc1Br. The largest absolute Gasteiger partial charge is 0.346 e. The van der Waals surface area contributed by atoms with E-state index in [0.29, 0.717) is 10.0 Å². The lowest BCUT2D eigenvalue weighted by Gasteiger charge is -2.05. The number of amides is 1. The minimum atomic E-state index is -2.54. The number of halogens is 3. The van der Waals surface area contributed by atoms with Gasteiger partial charge >= 0.3 is 0 Å². The van der Waals surface area contributed by atoms with Crippen molar-refractivity contribution < 1.29 is 13.6 Å². The van der Waals surface area contributed by atoms with E-state index >= 15 is 0 Å². The van der Waals surface area contributed by atoms with E-state index < -0.39 is 18.9 Å². The fourth-order valence-corrected chi connectivity index (χ4v) is 1.25. The highest BCUT2D eigenvalue weighted by Crippen LogP contribution is 2.13. The van der Waals surface area contributed by atoms with Gasteiger partial charge in [-0.25, -0.2) is 8.78 Å². The van der Waals surface area contributed by atoms with Crippen molar-refractivity contribution in [3.8, 4) is 0 Å². The summed E-state index contributed by atoms with van der Waals surface area (Å²) < 4.78 is 24.0. The molecule has 0 saturated heterocycles. The minimum Gasteiger partial charge on any atom is -0.346 e. The molecule has 0 aliphatic carbocycles. The molecule has 0 spiro atoms. The van der Waals surface area contributed by atoms with E-state index in [1.165, 1.54) is 18.5 Å². The Bertz CT molecular complexity index is 333. The van der Waals surface area contributed by atoms with Crippen molar-refractivity contribution in [2.75, 3.05) is 6.54 Å². The number of aromatic nitrogens is 1. The summed E-state index contributed by atoms with van der Waals surface area (Å²) in [6.45, 7) is -0.645. The van der Waals surface area contributed by atoms with Gasteiger partial charge in [-0.05, 0) is 22.0 Å². The first-order valence-corrected chi connectivity index (χ1v) is 4.56. The lowest BCUT2D eigenvalue weighted by atomic mass is 10.2. The highest BCUT2D eigenvalue weighted by molar-refractivity contribution is 9.10. The summed E-state index contributed by atoms with van der Waals surface area (Å²) in [7, 11) is 0. The van der Waals surface area contributed by atoms with Gasteiger partial charge in [0.2, 0.25) is 0 Å². The summed E-state index contributed by atoms with van der Waals surface area (Å²) in [6.07, 6.45) is 0.304. The molecule has 0 bridgehead atoms. The molecule has 0 atom stereocenters. The highest BCUT2D eigenvalue weighted by atomic mass is 79.9. The third kappa shape index (κ3) is 3.02. The number of pyridine rings is 1. The van der Waals surface area contributed by atoms with Crippen LogP contribution in [0.25, 0.3) is 0 Å². The van der Waals surface area contributed by atoms with Crippen LogP contribution in [0.5, 0.6) is 0 Å². The summed E-state index contributed by atoms with van der Waals surface area (Å²) in [6, 6.07) is 1.45. The van der Waals surface area contributed by atoms with E-state index in [1.54, 1.807) is 0 Å². The number of carbonyl (C=O) groups excluding carboxylic acids is 1. The molecule has 0 aliphatic rings. The Morgan fingerprint density at radius 2 is 2.36 bits per heavy atom. The van der Waals surface area contributed by atoms with E-state index in [2.05, 4.69) is 26.2 Å². The van der Waals surface area contributed by atoms with Gasteiger partial charge in [0.05, 0.1) is 12.1 Å². The molecule has 1 heterocycles. The Labute approximate surface area is 87.7 Å². The van der Waals surface area contributed by atoms with Crippen molar-refractivity contribution >= 4 is 21.8 Å². The van der Waals surface area contributed by atoms with Crippen LogP contribution in [0.2, 0.25) is 0 Å². The Kier molecular flexibility index (Phi) is 3.94. The van der Waals surface area contributed by atoms with Crippen molar-refractivity contribution in [1.82, 2.24) is 10.3 Å². The van der Waals surface area contributed by atoms with Gasteiger partial charge < -0.3 is 5.32 Å². The van der Waals surface area contributed by atoms with Gasteiger partial charge in [0, 0.05) is 16.9 Å². The lowest BCUT2D eigenvalue weighted by Crippen LogP contribution is -2.28. The molecule has 6 heteroatoms. The first kappa shape index (κ1) is 11.0. The van der Waals surface area contributed by atoms with Gasteiger partial charge in [-0.3, -0.25) is 9.78 Å². The second-order valence-electron chi connectivity index (χ2n) is 2.46. The van der Waals surface area contributed by atoms with Crippen LogP contribution in [-0.2, 0) is 0 Å². The van der Waals surface area contributed by atoms with Gasteiger partial charge in [-0.15, -0.1) is 0 Å². The number of nitrogens with one attached hydrogen (secondary N) is 1. The van der Waals surface area contributed by atoms with Crippen LogP contribution in [0.3, 0.4) is 0 Å². The summed E-state index contributed by atoms with van der Waals surface area (Å²) >= 11 is 3.09. The zero-order valence-corrected chi connectivity index (χ0v) is 8.59. The van der Waals surface area contributed by atoms with E-state index in [9.17, 15) is 13.6 Å². The zero-order chi connectivity index (χ0) is 10.6. The minimum absolute atomic E-state index is 0.292. The Morgan fingerprint density at radius 1 is 1.64 bits per heavy atom. The molecular formula is C8H7BrF2N2O. The molecule has 3 nitrogen and oxygen atoms in total. The molecule has 1 N–H and O–H groups in total. The fourth-order valence-electron chi connectivity index (χ4n) is 0.824. The first-order valence-electron chi connectivity index (χ1n) is 3.77. The number of rotatable bonds is 3. The molecule has 0 fully saturated rings. The fraction of sp³-hybridized carbons (Fsp3) is 0.250. The zero-order valence-electron chi connectivity index (χ0n) is 7.01. The molecule has 0 unspecified atom stereocenters. The average Bonchev–Trinajstić information content (AvgIpc) is 2.15. The molecule has 14 heavy (non-hydrogen) atoms. The number of nitrogens with zero attached hydrogens (tertiary/aromatic N) is 1. The maximum atomic E-state index is 11.8. The van der Waals surface area contributed by atoms with Crippen LogP contribution in [0.15, 0.2) is 22.9 Å². The van der Waals surface area contributed by atoms with Crippen LogP contribution in [0.1, 0.15) is 10.4 Å².